The Labute approximate surface area is 114 Å². The summed E-state index contributed by atoms with van der Waals surface area (Å²) >= 11 is 0. The molecule has 104 valence electrons. The lowest BCUT2D eigenvalue weighted by Crippen LogP contribution is -2.31. The van der Waals surface area contributed by atoms with Gasteiger partial charge in [0, 0.05) is 13.1 Å². The fourth-order valence-electron chi connectivity index (χ4n) is 2.65. The zero-order chi connectivity index (χ0) is 13.7. The van der Waals surface area contributed by atoms with Crippen molar-refractivity contribution in [1.29, 1.82) is 0 Å². The number of nitrogens with zero attached hydrogens (tertiary/aromatic N) is 1. The van der Waals surface area contributed by atoms with Gasteiger partial charge in [0.25, 0.3) is 0 Å². The highest BCUT2D eigenvalue weighted by molar-refractivity contribution is 5.77. The molecule has 1 atom stereocenters. The minimum Gasteiger partial charge on any atom is -0.299 e. The summed E-state index contributed by atoms with van der Waals surface area (Å²) in [6.45, 7) is 5.70. The molecule has 1 heterocycles. The third-order valence-electron chi connectivity index (χ3n) is 3.90. The lowest BCUT2D eigenvalue weighted by atomic mass is 10.1. The van der Waals surface area contributed by atoms with Crippen LogP contribution in [0.25, 0.3) is 0 Å². The number of rotatable bonds is 5. The summed E-state index contributed by atoms with van der Waals surface area (Å²) < 4.78 is 0. The Morgan fingerprint density at radius 1 is 1.37 bits per heavy atom. The first-order valence-corrected chi connectivity index (χ1v) is 7.01. The summed E-state index contributed by atoms with van der Waals surface area (Å²) in [5.41, 5.74) is 4.46. The molecule has 3 N–H and O–H groups in total. The van der Waals surface area contributed by atoms with E-state index >= 15 is 0 Å². The van der Waals surface area contributed by atoms with E-state index in [0.29, 0.717) is 6.42 Å². The van der Waals surface area contributed by atoms with Crippen molar-refractivity contribution < 1.29 is 4.79 Å². The molecule has 4 nitrogen and oxygen atoms in total. The Balaban J connectivity index is 1.87. The van der Waals surface area contributed by atoms with Gasteiger partial charge in [-0.3, -0.25) is 15.1 Å². The average molecular weight is 261 g/mol. The number of nitrogens with two attached hydrogens (primary N) is 1. The molecule has 1 aliphatic heterocycles. The second kappa shape index (κ2) is 6.68. The highest BCUT2D eigenvalue weighted by Gasteiger charge is 2.20. The maximum absolute atomic E-state index is 11.2. The van der Waals surface area contributed by atoms with Gasteiger partial charge in [0.2, 0.25) is 5.91 Å². The Kier molecular flexibility index (Phi) is 4.93. The van der Waals surface area contributed by atoms with Crippen molar-refractivity contribution in [2.75, 3.05) is 13.1 Å². The largest absolute Gasteiger partial charge is 0.299 e. The molecular weight excluding hydrogens is 238 g/mol. The van der Waals surface area contributed by atoms with Gasteiger partial charge < -0.3 is 0 Å². The lowest BCUT2D eigenvalue weighted by Gasteiger charge is -2.15. The molecule has 19 heavy (non-hydrogen) atoms. The van der Waals surface area contributed by atoms with Gasteiger partial charge in [-0.15, -0.1) is 0 Å². The topological polar surface area (TPSA) is 58.4 Å². The summed E-state index contributed by atoms with van der Waals surface area (Å²) in [5, 5.41) is 0. The van der Waals surface area contributed by atoms with E-state index in [0.717, 1.165) is 18.0 Å². The number of hydrogen-bond acceptors (Lipinski definition) is 3. The molecule has 1 aliphatic rings. The molecule has 0 radical (unpaired) electrons. The van der Waals surface area contributed by atoms with Crippen LogP contribution in [0.5, 0.6) is 0 Å². The normalized spacial score (nSPS) is 19.6. The van der Waals surface area contributed by atoms with E-state index in [1.165, 1.54) is 31.5 Å². The van der Waals surface area contributed by atoms with Crippen molar-refractivity contribution in [1.82, 2.24) is 10.3 Å². The third kappa shape index (κ3) is 4.04. The van der Waals surface area contributed by atoms with Crippen molar-refractivity contribution in [3.05, 3.63) is 35.4 Å². The quantitative estimate of drug-likeness (QED) is 0.479. The highest BCUT2D eigenvalue weighted by atomic mass is 16.2. The predicted octanol–water partition coefficient (Wildman–Crippen LogP) is 1.45. The van der Waals surface area contributed by atoms with Crippen LogP contribution in [0, 0.1) is 5.92 Å². The van der Waals surface area contributed by atoms with Crippen LogP contribution < -0.4 is 11.3 Å². The zero-order valence-corrected chi connectivity index (χ0v) is 11.6. The van der Waals surface area contributed by atoms with E-state index in [1.54, 1.807) is 0 Å². The van der Waals surface area contributed by atoms with E-state index in [2.05, 4.69) is 29.4 Å². The molecule has 0 aromatic heterocycles. The fourth-order valence-corrected chi connectivity index (χ4v) is 2.65. The zero-order valence-electron chi connectivity index (χ0n) is 11.6. The van der Waals surface area contributed by atoms with Crippen LogP contribution in [0.2, 0.25) is 0 Å². The first kappa shape index (κ1) is 14.0. The molecule has 0 saturated carbocycles. The molecule has 0 spiro atoms. The monoisotopic (exact) mass is 261 g/mol. The number of hydrogen-bond donors (Lipinski definition) is 2. The predicted molar refractivity (Wildman–Crippen MR) is 76.2 cm³/mol. The van der Waals surface area contributed by atoms with Crippen molar-refractivity contribution in [2.45, 2.75) is 32.7 Å². The molecule has 1 aromatic rings. The lowest BCUT2D eigenvalue weighted by molar-refractivity contribution is -0.120. The average Bonchev–Trinajstić information content (AvgIpc) is 2.88. The standard InChI is InChI=1S/C15H23N3O/c1-2-12-7-8-18(10-12)11-14-5-3-13(4-6-14)9-15(19)17-16/h3-6,12H,2,7-11,16H2,1H3,(H,17,19). The van der Waals surface area contributed by atoms with Gasteiger partial charge in [0.05, 0.1) is 6.42 Å². The van der Waals surface area contributed by atoms with Crippen LogP contribution >= 0.6 is 0 Å². The molecule has 1 fully saturated rings. The fraction of sp³-hybridized carbons (Fsp3) is 0.533. The smallest absolute Gasteiger partial charge is 0.238 e. The van der Waals surface area contributed by atoms with Crippen molar-refractivity contribution in [3.8, 4) is 0 Å². The number of amides is 1. The van der Waals surface area contributed by atoms with Gasteiger partial charge in [-0.1, -0.05) is 37.6 Å². The first-order chi connectivity index (χ1) is 9.21. The maximum atomic E-state index is 11.2. The Hall–Kier alpha value is -1.39. The number of benzene rings is 1. The summed E-state index contributed by atoms with van der Waals surface area (Å²) in [6.07, 6.45) is 2.95. The van der Waals surface area contributed by atoms with Gasteiger partial charge >= 0.3 is 0 Å². The van der Waals surface area contributed by atoms with Crippen LogP contribution in [0.15, 0.2) is 24.3 Å². The molecule has 1 unspecified atom stereocenters. The Bertz CT molecular complexity index is 416. The van der Waals surface area contributed by atoms with Gasteiger partial charge in [0.15, 0.2) is 0 Å². The minimum atomic E-state index is -0.155. The molecule has 4 heteroatoms. The summed E-state index contributed by atoms with van der Waals surface area (Å²) in [6, 6.07) is 8.24. The number of carbonyl (C=O) groups excluding carboxylic acids is 1. The van der Waals surface area contributed by atoms with E-state index in [-0.39, 0.29) is 5.91 Å². The molecule has 1 saturated heterocycles. The minimum absolute atomic E-state index is 0.155. The first-order valence-electron chi connectivity index (χ1n) is 7.01. The van der Waals surface area contributed by atoms with Crippen LogP contribution in [0.3, 0.4) is 0 Å². The SMILES string of the molecule is CCC1CCN(Cc2ccc(CC(=O)NN)cc2)C1. The van der Waals surface area contributed by atoms with Gasteiger partial charge in [0.1, 0.15) is 0 Å². The van der Waals surface area contributed by atoms with Gasteiger partial charge in [-0.2, -0.15) is 0 Å². The van der Waals surface area contributed by atoms with Crippen LogP contribution in [-0.2, 0) is 17.8 Å². The second-order valence-corrected chi connectivity index (χ2v) is 5.36. The number of nitrogens with one attached hydrogen (secondary N) is 1. The van der Waals surface area contributed by atoms with Crippen LogP contribution in [0.1, 0.15) is 30.9 Å². The number of carbonyl (C=O) groups is 1. The molecule has 1 aromatic carbocycles. The van der Waals surface area contributed by atoms with Crippen molar-refractivity contribution in [3.63, 3.8) is 0 Å². The molecule has 0 aliphatic carbocycles. The molecule has 1 amide bonds. The Morgan fingerprint density at radius 2 is 2.05 bits per heavy atom. The summed E-state index contributed by atoms with van der Waals surface area (Å²) in [5.74, 6) is 5.79. The van der Waals surface area contributed by atoms with E-state index in [1.807, 2.05) is 12.1 Å². The highest BCUT2D eigenvalue weighted by Crippen LogP contribution is 2.21. The molecular formula is C15H23N3O. The molecule has 2 rings (SSSR count). The van der Waals surface area contributed by atoms with Crippen molar-refractivity contribution >= 4 is 5.91 Å². The maximum Gasteiger partial charge on any atom is 0.238 e. The van der Waals surface area contributed by atoms with E-state index < -0.39 is 0 Å². The Morgan fingerprint density at radius 3 is 2.63 bits per heavy atom. The van der Waals surface area contributed by atoms with Gasteiger partial charge in [-0.25, -0.2) is 5.84 Å². The summed E-state index contributed by atoms with van der Waals surface area (Å²) in [7, 11) is 0. The number of hydrazine groups is 1. The molecule has 0 bridgehead atoms. The van der Waals surface area contributed by atoms with Crippen LogP contribution in [0.4, 0.5) is 0 Å². The van der Waals surface area contributed by atoms with Crippen molar-refractivity contribution in [2.24, 2.45) is 11.8 Å². The third-order valence-corrected chi connectivity index (χ3v) is 3.90. The van der Waals surface area contributed by atoms with E-state index in [9.17, 15) is 4.79 Å². The second-order valence-electron chi connectivity index (χ2n) is 5.36. The summed E-state index contributed by atoms with van der Waals surface area (Å²) in [4.78, 5) is 13.7. The van der Waals surface area contributed by atoms with Gasteiger partial charge in [-0.05, 0) is 30.0 Å². The number of likely N-dealkylation sites (tertiary alicyclic amines) is 1. The van der Waals surface area contributed by atoms with Crippen LogP contribution in [-0.4, -0.2) is 23.9 Å². The van der Waals surface area contributed by atoms with E-state index in [4.69, 9.17) is 5.84 Å².